The maximum atomic E-state index is 6.43. The molecule has 2 rings (SSSR count). The fourth-order valence-corrected chi connectivity index (χ4v) is 4.13. The second kappa shape index (κ2) is 7.24. The summed E-state index contributed by atoms with van der Waals surface area (Å²) in [5.74, 6) is 2.42. The van der Waals surface area contributed by atoms with Crippen molar-refractivity contribution in [1.29, 1.82) is 0 Å². The van der Waals surface area contributed by atoms with Crippen molar-refractivity contribution in [1.82, 2.24) is 9.80 Å². The van der Waals surface area contributed by atoms with E-state index in [4.69, 9.17) is 5.73 Å². The van der Waals surface area contributed by atoms with Crippen LogP contribution in [0.25, 0.3) is 0 Å². The van der Waals surface area contributed by atoms with Crippen LogP contribution in [-0.4, -0.2) is 55.1 Å². The molecule has 1 heterocycles. The van der Waals surface area contributed by atoms with E-state index < -0.39 is 0 Å². The van der Waals surface area contributed by atoms with Crippen LogP contribution in [0.15, 0.2) is 0 Å². The molecule has 0 radical (unpaired) electrons. The minimum absolute atomic E-state index is 0.429. The molecule has 0 aromatic rings. The van der Waals surface area contributed by atoms with E-state index in [0.29, 0.717) is 18.0 Å². The smallest absolute Gasteiger partial charge is 0.0194 e. The molecular formula is C17H35N3. The molecule has 0 spiro atoms. The number of hydrogen-bond acceptors (Lipinski definition) is 3. The van der Waals surface area contributed by atoms with E-state index >= 15 is 0 Å². The zero-order chi connectivity index (χ0) is 14.7. The van der Waals surface area contributed by atoms with Gasteiger partial charge < -0.3 is 10.6 Å². The van der Waals surface area contributed by atoms with Crippen LogP contribution in [0.3, 0.4) is 0 Å². The summed E-state index contributed by atoms with van der Waals surface area (Å²) >= 11 is 0. The Labute approximate surface area is 125 Å². The summed E-state index contributed by atoms with van der Waals surface area (Å²) in [5.41, 5.74) is 6.43. The Kier molecular flexibility index (Phi) is 5.88. The van der Waals surface area contributed by atoms with Gasteiger partial charge in [0.2, 0.25) is 0 Å². The second-order valence-corrected chi connectivity index (χ2v) is 7.70. The zero-order valence-electron chi connectivity index (χ0n) is 14.0. The topological polar surface area (TPSA) is 32.5 Å². The molecule has 4 atom stereocenters. The van der Waals surface area contributed by atoms with E-state index in [9.17, 15) is 0 Å². The standard InChI is InChI=1S/C17H35N3/c1-13(2)15-6-7-17(18)16(10-15)12-20-9-5-8-19(4)11-14(20)3/h13-17H,5-12,18H2,1-4H3. The van der Waals surface area contributed by atoms with Gasteiger partial charge in [-0.15, -0.1) is 0 Å². The van der Waals surface area contributed by atoms with Gasteiger partial charge >= 0.3 is 0 Å². The number of rotatable bonds is 3. The fourth-order valence-electron chi connectivity index (χ4n) is 4.13. The third-order valence-electron chi connectivity index (χ3n) is 5.68. The zero-order valence-corrected chi connectivity index (χ0v) is 14.0. The van der Waals surface area contributed by atoms with Crippen molar-refractivity contribution in [3.63, 3.8) is 0 Å². The average Bonchev–Trinajstić information content (AvgIpc) is 2.53. The average molecular weight is 281 g/mol. The Hall–Kier alpha value is -0.120. The van der Waals surface area contributed by atoms with E-state index in [1.54, 1.807) is 0 Å². The molecule has 2 N–H and O–H groups in total. The first-order valence-electron chi connectivity index (χ1n) is 8.65. The second-order valence-electron chi connectivity index (χ2n) is 7.70. The first-order chi connectivity index (χ1) is 9.47. The predicted molar refractivity (Wildman–Crippen MR) is 86.8 cm³/mol. The van der Waals surface area contributed by atoms with Crippen LogP contribution in [0.1, 0.15) is 46.5 Å². The Bertz CT molecular complexity index is 292. The Morgan fingerprint density at radius 3 is 2.65 bits per heavy atom. The maximum absolute atomic E-state index is 6.43. The summed E-state index contributed by atoms with van der Waals surface area (Å²) in [6.45, 7) is 12.1. The molecule has 4 unspecified atom stereocenters. The summed E-state index contributed by atoms with van der Waals surface area (Å²) in [7, 11) is 2.25. The third-order valence-corrected chi connectivity index (χ3v) is 5.68. The quantitative estimate of drug-likeness (QED) is 0.862. The lowest BCUT2D eigenvalue weighted by atomic mass is 9.73. The van der Waals surface area contributed by atoms with Crippen LogP contribution in [0.2, 0.25) is 0 Å². The predicted octanol–water partition coefficient (Wildman–Crippen LogP) is 2.41. The number of hydrogen-bond donors (Lipinski definition) is 1. The van der Waals surface area contributed by atoms with Crippen LogP contribution < -0.4 is 5.73 Å². The number of nitrogens with zero attached hydrogens (tertiary/aromatic N) is 2. The number of likely N-dealkylation sites (N-methyl/N-ethyl adjacent to an activating group) is 1. The summed E-state index contributed by atoms with van der Waals surface area (Å²) in [6, 6.07) is 1.10. The molecule has 3 heteroatoms. The molecular weight excluding hydrogens is 246 g/mol. The molecule has 2 fully saturated rings. The van der Waals surface area contributed by atoms with Crippen LogP contribution in [0.5, 0.6) is 0 Å². The van der Waals surface area contributed by atoms with Crippen molar-refractivity contribution in [2.45, 2.75) is 58.5 Å². The maximum Gasteiger partial charge on any atom is 0.0194 e. The van der Waals surface area contributed by atoms with Crippen molar-refractivity contribution < 1.29 is 0 Å². The first-order valence-corrected chi connectivity index (χ1v) is 8.65. The molecule has 0 aromatic carbocycles. The highest BCUT2D eigenvalue weighted by molar-refractivity contribution is 4.87. The van der Waals surface area contributed by atoms with E-state index in [2.05, 4.69) is 37.6 Å². The van der Waals surface area contributed by atoms with Crippen molar-refractivity contribution in [3.8, 4) is 0 Å². The normalized spacial score (nSPS) is 38.1. The largest absolute Gasteiger partial charge is 0.327 e. The summed E-state index contributed by atoms with van der Waals surface area (Å²) < 4.78 is 0. The minimum atomic E-state index is 0.429. The van der Waals surface area contributed by atoms with Crippen molar-refractivity contribution in [2.75, 3.05) is 33.2 Å². The van der Waals surface area contributed by atoms with E-state index in [-0.39, 0.29) is 0 Å². The van der Waals surface area contributed by atoms with Gasteiger partial charge in [-0.1, -0.05) is 13.8 Å². The van der Waals surface area contributed by atoms with Gasteiger partial charge in [0.25, 0.3) is 0 Å². The van der Waals surface area contributed by atoms with E-state index in [1.807, 2.05) is 0 Å². The van der Waals surface area contributed by atoms with Gasteiger partial charge in [-0.25, -0.2) is 0 Å². The lowest BCUT2D eigenvalue weighted by Gasteiger charge is -2.40. The van der Waals surface area contributed by atoms with Gasteiger partial charge in [-0.3, -0.25) is 4.90 Å². The lowest BCUT2D eigenvalue weighted by molar-refractivity contribution is 0.114. The molecule has 118 valence electrons. The highest BCUT2D eigenvalue weighted by Crippen LogP contribution is 2.34. The summed E-state index contributed by atoms with van der Waals surface area (Å²) in [6.07, 6.45) is 5.22. The Balaban J connectivity index is 1.92. The minimum Gasteiger partial charge on any atom is -0.327 e. The molecule has 0 aromatic heterocycles. The molecule has 0 amide bonds. The Morgan fingerprint density at radius 2 is 1.95 bits per heavy atom. The fraction of sp³-hybridized carbons (Fsp3) is 1.00. The first kappa shape index (κ1) is 16.3. The molecule has 1 saturated carbocycles. The van der Waals surface area contributed by atoms with Gasteiger partial charge in [0, 0.05) is 25.2 Å². The molecule has 20 heavy (non-hydrogen) atoms. The highest BCUT2D eigenvalue weighted by atomic mass is 15.2. The van der Waals surface area contributed by atoms with Gasteiger partial charge in [0.05, 0.1) is 0 Å². The monoisotopic (exact) mass is 281 g/mol. The molecule has 0 bridgehead atoms. The van der Waals surface area contributed by atoms with Gasteiger partial charge in [0.1, 0.15) is 0 Å². The number of nitrogens with two attached hydrogens (primary N) is 1. The van der Waals surface area contributed by atoms with E-state index in [0.717, 1.165) is 11.8 Å². The summed E-state index contributed by atoms with van der Waals surface area (Å²) in [4.78, 5) is 5.18. The van der Waals surface area contributed by atoms with Crippen molar-refractivity contribution in [2.24, 2.45) is 23.5 Å². The van der Waals surface area contributed by atoms with Gasteiger partial charge in [-0.05, 0) is 70.5 Å². The van der Waals surface area contributed by atoms with Crippen molar-refractivity contribution >= 4 is 0 Å². The highest BCUT2D eigenvalue weighted by Gasteiger charge is 2.32. The van der Waals surface area contributed by atoms with Crippen molar-refractivity contribution in [3.05, 3.63) is 0 Å². The van der Waals surface area contributed by atoms with Crippen LogP contribution in [0, 0.1) is 17.8 Å². The van der Waals surface area contributed by atoms with Crippen LogP contribution in [0.4, 0.5) is 0 Å². The molecule has 1 saturated heterocycles. The third kappa shape index (κ3) is 4.19. The molecule has 3 nitrogen and oxygen atoms in total. The molecule has 2 aliphatic rings. The van der Waals surface area contributed by atoms with Crippen LogP contribution in [-0.2, 0) is 0 Å². The van der Waals surface area contributed by atoms with Gasteiger partial charge in [-0.2, -0.15) is 0 Å². The molecule has 1 aliphatic carbocycles. The summed E-state index contributed by atoms with van der Waals surface area (Å²) in [5, 5.41) is 0. The van der Waals surface area contributed by atoms with E-state index in [1.165, 1.54) is 51.9 Å². The SMILES string of the molecule is CC(C)C1CCC(N)C(CN2CCCN(C)CC2C)C1. The molecule has 1 aliphatic heterocycles. The van der Waals surface area contributed by atoms with Crippen LogP contribution >= 0.6 is 0 Å². The Morgan fingerprint density at radius 1 is 1.20 bits per heavy atom. The van der Waals surface area contributed by atoms with Gasteiger partial charge in [0.15, 0.2) is 0 Å². The lowest BCUT2D eigenvalue weighted by Crippen LogP contribution is -2.47.